The van der Waals surface area contributed by atoms with Gasteiger partial charge in [0.05, 0.1) is 25.7 Å². The summed E-state index contributed by atoms with van der Waals surface area (Å²) in [5.41, 5.74) is 0. The summed E-state index contributed by atoms with van der Waals surface area (Å²) in [5, 5.41) is 11.1. The maximum absolute atomic E-state index is 11.7. The molecule has 3 fully saturated rings. The monoisotopic (exact) mass is 424 g/mol. The topological polar surface area (TPSA) is 74.9 Å². The van der Waals surface area contributed by atoms with Crippen LogP contribution >= 0.6 is 0 Å². The van der Waals surface area contributed by atoms with Gasteiger partial charge in [0, 0.05) is 25.7 Å². The molecule has 1 heterocycles. The summed E-state index contributed by atoms with van der Waals surface area (Å²) in [6, 6.07) is 0.570. The molecule has 0 atom stereocenters. The molecule has 2 saturated carbocycles. The van der Waals surface area contributed by atoms with Gasteiger partial charge < -0.3 is 14.4 Å². The second kappa shape index (κ2) is 12.3. The van der Waals surface area contributed by atoms with E-state index in [0.29, 0.717) is 24.0 Å². The number of hydrogen-bond acceptors (Lipinski definition) is 7. The Hall–Kier alpha value is -0.730. The minimum Gasteiger partial charge on any atom is -0.469 e. The molecule has 0 bridgehead atoms. The second-order valence-electron chi connectivity index (χ2n) is 9.55. The Bertz CT molecular complexity index is 497. The van der Waals surface area contributed by atoms with Crippen LogP contribution in [-0.2, 0) is 14.3 Å². The Balaban J connectivity index is 1.27. The van der Waals surface area contributed by atoms with E-state index in [9.17, 15) is 4.79 Å². The first-order valence-electron chi connectivity index (χ1n) is 12.2. The summed E-state index contributed by atoms with van der Waals surface area (Å²) in [4.78, 5) is 14.0. The standard InChI is InChI=1S/C23H44N4O3/c1-4-27(2)13-14-30-21-11-9-20(10-12-21)26-23-24-15-19(16-25-23)17-5-7-18(8-6-17)22(28)29-3/h17-21,23-26H,4-16H2,1-3H3. The Morgan fingerprint density at radius 3 is 2.27 bits per heavy atom. The summed E-state index contributed by atoms with van der Waals surface area (Å²) in [6.45, 7) is 7.25. The van der Waals surface area contributed by atoms with Crippen molar-refractivity contribution in [1.29, 1.82) is 0 Å². The molecule has 3 N–H and O–H groups in total. The lowest BCUT2D eigenvalue weighted by molar-refractivity contribution is -0.147. The molecule has 2 aliphatic carbocycles. The number of rotatable bonds is 9. The van der Waals surface area contributed by atoms with Crippen LogP contribution in [0.2, 0.25) is 0 Å². The first-order chi connectivity index (χ1) is 14.6. The SMILES string of the molecule is CCN(C)CCOC1CCC(NC2NCC(C3CCC(C(=O)OC)CC3)CN2)CC1. The number of ether oxygens (including phenoxy) is 2. The van der Waals surface area contributed by atoms with Gasteiger partial charge in [0.1, 0.15) is 6.29 Å². The number of hydrogen-bond donors (Lipinski definition) is 3. The van der Waals surface area contributed by atoms with Crippen LogP contribution in [0.4, 0.5) is 0 Å². The normalized spacial score (nSPS) is 35.3. The van der Waals surface area contributed by atoms with Crippen molar-refractivity contribution >= 4 is 5.97 Å². The highest BCUT2D eigenvalue weighted by atomic mass is 16.5. The first kappa shape index (κ1) is 23.9. The van der Waals surface area contributed by atoms with Gasteiger partial charge in [-0.25, -0.2) is 0 Å². The number of carbonyl (C=O) groups is 1. The highest BCUT2D eigenvalue weighted by Crippen LogP contribution is 2.34. The molecular formula is C23H44N4O3. The zero-order valence-corrected chi connectivity index (χ0v) is 19.3. The lowest BCUT2D eigenvalue weighted by Gasteiger charge is -2.40. The van der Waals surface area contributed by atoms with Crippen LogP contribution in [0.3, 0.4) is 0 Å². The van der Waals surface area contributed by atoms with Crippen LogP contribution in [0.25, 0.3) is 0 Å². The van der Waals surface area contributed by atoms with Gasteiger partial charge in [0.25, 0.3) is 0 Å². The van der Waals surface area contributed by atoms with E-state index < -0.39 is 0 Å². The number of esters is 1. The zero-order valence-electron chi connectivity index (χ0n) is 19.3. The van der Waals surface area contributed by atoms with Crippen molar-refractivity contribution in [2.75, 3.05) is 46.9 Å². The molecule has 0 unspecified atom stereocenters. The summed E-state index contributed by atoms with van der Waals surface area (Å²) in [6.07, 6.45) is 9.60. The smallest absolute Gasteiger partial charge is 0.308 e. The quantitative estimate of drug-likeness (QED) is 0.488. The molecule has 0 aromatic carbocycles. The lowest BCUT2D eigenvalue weighted by atomic mass is 9.75. The molecule has 0 aromatic heterocycles. The number of likely N-dealkylation sites (N-methyl/N-ethyl adjacent to an activating group) is 1. The Morgan fingerprint density at radius 1 is 1.00 bits per heavy atom. The largest absolute Gasteiger partial charge is 0.469 e. The molecule has 7 heteroatoms. The molecule has 30 heavy (non-hydrogen) atoms. The van der Waals surface area contributed by atoms with E-state index in [4.69, 9.17) is 9.47 Å². The molecule has 0 amide bonds. The van der Waals surface area contributed by atoms with Crippen LogP contribution in [0, 0.1) is 17.8 Å². The minimum absolute atomic E-state index is 0.0222. The average Bonchev–Trinajstić information content (AvgIpc) is 2.80. The predicted molar refractivity (Wildman–Crippen MR) is 119 cm³/mol. The van der Waals surface area contributed by atoms with Gasteiger partial charge in [-0.05, 0) is 76.8 Å². The fraction of sp³-hybridized carbons (Fsp3) is 0.957. The van der Waals surface area contributed by atoms with Crippen molar-refractivity contribution in [3.05, 3.63) is 0 Å². The Kier molecular flexibility index (Phi) is 9.84. The van der Waals surface area contributed by atoms with Crippen molar-refractivity contribution in [2.45, 2.75) is 76.7 Å². The number of carbonyl (C=O) groups excluding carboxylic acids is 1. The molecule has 0 spiro atoms. The van der Waals surface area contributed by atoms with Crippen molar-refractivity contribution < 1.29 is 14.3 Å². The van der Waals surface area contributed by atoms with Crippen molar-refractivity contribution in [3.63, 3.8) is 0 Å². The minimum atomic E-state index is -0.0222. The highest BCUT2D eigenvalue weighted by Gasteiger charge is 2.33. The fourth-order valence-electron chi connectivity index (χ4n) is 5.29. The van der Waals surface area contributed by atoms with Gasteiger partial charge in [0.2, 0.25) is 0 Å². The van der Waals surface area contributed by atoms with Gasteiger partial charge in [-0.3, -0.25) is 20.7 Å². The van der Waals surface area contributed by atoms with Gasteiger partial charge in [-0.1, -0.05) is 6.92 Å². The van der Waals surface area contributed by atoms with Gasteiger partial charge in [-0.2, -0.15) is 0 Å². The van der Waals surface area contributed by atoms with Crippen LogP contribution in [-0.4, -0.2) is 76.2 Å². The third-order valence-electron chi connectivity index (χ3n) is 7.58. The van der Waals surface area contributed by atoms with E-state index in [0.717, 1.165) is 71.3 Å². The van der Waals surface area contributed by atoms with Crippen molar-refractivity contribution in [2.24, 2.45) is 17.8 Å². The lowest BCUT2D eigenvalue weighted by Crippen LogP contribution is -2.63. The Labute approximate surface area is 183 Å². The molecule has 1 aliphatic heterocycles. The molecule has 7 nitrogen and oxygen atoms in total. The third kappa shape index (κ3) is 7.16. The predicted octanol–water partition coefficient (Wildman–Crippen LogP) is 1.93. The summed E-state index contributed by atoms with van der Waals surface area (Å²) in [7, 11) is 3.65. The summed E-state index contributed by atoms with van der Waals surface area (Å²) < 4.78 is 11.0. The molecule has 0 radical (unpaired) electrons. The van der Waals surface area contributed by atoms with Crippen molar-refractivity contribution in [1.82, 2.24) is 20.9 Å². The zero-order chi connectivity index (χ0) is 21.3. The first-order valence-corrected chi connectivity index (χ1v) is 12.2. The molecule has 0 aromatic rings. The van der Waals surface area contributed by atoms with E-state index >= 15 is 0 Å². The van der Waals surface area contributed by atoms with E-state index in [-0.39, 0.29) is 18.2 Å². The van der Waals surface area contributed by atoms with E-state index in [1.807, 2.05) is 0 Å². The fourth-order valence-corrected chi connectivity index (χ4v) is 5.29. The van der Waals surface area contributed by atoms with E-state index in [1.54, 1.807) is 0 Å². The van der Waals surface area contributed by atoms with Crippen LogP contribution in [0.1, 0.15) is 58.3 Å². The van der Waals surface area contributed by atoms with Crippen LogP contribution in [0.5, 0.6) is 0 Å². The summed E-state index contributed by atoms with van der Waals surface area (Å²) in [5.74, 6) is 1.47. The van der Waals surface area contributed by atoms with Gasteiger partial charge in [-0.15, -0.1) is 0 Å². The van der Waals surface area contributed by atoms with E-state index in [2.05, 4.69) is 34.8 Å². The van der Waals surface area contributed by atoms with Crippen LogP contribution < -0.4 is 16.0 Å². The molecular weight excluding hydrogens is 380 g/mol. The van der Waals surface area contributed by atoms with Gasteiger partial charge >= 0.3 is 5.97 Å². The van der Waals surface area contributed by atoms with Crippen molar-refractivity contribution in [3.8, 4) is 0 Å². The molecule has 3 rings (SSSR count). The maximum Gasteiger partial charge on any atom is 0.308 e. The maximum atomic E-state index is 11.7. The molecule has 1 saturated heterocycles. The molecule has 3 aliphatic rings. The Morgan fingerprint density at radius 2 is 1.67 bits per heavy atom. The number of methoxy groups -OCH3 is 1. The molecule has 174 valence electrons. The number of nitrogens with one attached hydrogen (secondary N) is 3. The highest BCUT2D eigenvalue weighted by molar-refractivity contribution is 5.72. The summed E-state index contributed by atoms with van der Waals surface area (Å²) >= 11 is 0. The second-order valence-corrected chi connectivity index (χ2v) is 9.55. The third-order valence-corrected chi connectivity index (χ3v) is 7.58. The average molecular weight is 425 g/mol. The number of nitrogens with zero attached hydrogens (tertiary/aromatic N) is 1. The van der Waals surface area contributed by atoms with Gasteiger partial charge in [0.15, 0.2) is 0 Å². The van der Waals surface area contributed by atoms with E-state index in [1.165, 1.54) is 20.0 Å². The van der Waals surface area contributed by atoms with Crippen LogP contribution in [0.15, 0.2) is 0 Å².